The summed E-state index contributed by atoms with van der Waals surface area (Å²) in [6.07, 6.45) is 3.57. The SMILES string of the molecule is CCNC(=NCCc1c[nH]c2ccc(F)cc12)NC(C)Cc1c(C)nn(C)c1C.I. The summed E-state index contributed by atoms with van der Waals surface area (Å²) in [5.74, 6) is 0.580. The predicted molar refractivity (Wildman–Crippen MR) is 132 cm³/mol. The van der Waals surface area contributed by atoms with Crippen LogP contribution in [0.15, 0.2) is 29.4 Å². The molecular weight excluding hydrogens is 494 g/mol. The normalized spacial score (nSPS) is 12.7. The molecule has 2 aromatic heterocycles. The molecule has 3 N–H and O–H groups in total. The van der Waals surface area contributed by atoms with E-state index in [1.807, 2.05) is 17.9 Å². The van der Waals surface area contributed by atoms with Gasteiger partial charge in [0, 0.05) is 49.0 Å². The molecule has 8 heteroatoms. The van der Waals surface area contributed by atoms with E-state index in [4.69, 9.17) is 4.99 Å². The third-order valence-electron chi connectivity index (χ3n) is 5.28. The number of aromatic amines is 1. The molecule has 0 aliphatic rings. The van der Waals surface area contributed by atoms with Gasteiger partial charge in [-0.15, -0.1) is 24.0 Å². The number of benzene rings is 1. The van der Waals surface area contributed by atoms with Gasteiger partial charge in [-0.05, 0) is 69.9 Å². The Kier molecular flexibility index (Phi) is 8.69. The minimum absolute atomic E-state index is 0. The van der Waals surface area contributed by atoms with Gasteiger partial charge in [0.15, 0.2) is 5.96 Å². The molecule has 0 saturated carbocycles. The van der Waals surface area contributed by atoms with Crippen molar-refractivity contribution in [2.75, 3.05) is 13.1 Å². The van der Waals surface area contributed by atoms with Crippen molar-refractivity contribution in [1.29, 1.82) is 0 Å². The number of hydrogen-bond donors (Lipinski definition) is 3. The summed E-state index contributed by atoms with van der Waals surface area (Å²) in [6, 6.07) is 5.04. The van der Waals surface area contributed by atoms with Crippen molar-refractivity contribution in [1.82, 2.24) is 25.4 Å². The Hall–Kier alpha value is -2.10. The lowest BCUT2D eigenvalue weighted by Gasteiger charge is -2.18. The minimum Gasteiger partial charge on any atom is -0.361 e. The number of hydrogen-bond acceptors (Lipinski definition) is 2. The zero-order valence-corrected chi connectivity index (χ0v) is 20.7. The van der Waals surface area contributed by atoms with E-state index < -0.39 is 0 Å². The summed E-state index contributed by atoms with van der Waals surface area (Å²) in [5.41, 5.74) is 5.58. The van der Waals surface area contributed by atoms with Crippen LogP contribution in [0, 0.1) is 19.7 Å². The standard InChI is InChI=1S/C22H31FN6.HI/c1-6-24-22(27-14(2)11-19-15(3)28-29(5)16(19)4)25-10-9-17-13-26-21-8-7-18(23)12-20(17)21;/h7-8,12-14,26H,6,9-11H2,1-5H3,(H2,24,25,27);1H. The third kappa shape index (κ3) is 5.74. The van der Waals surface area contributed by atoms with Gasteiger partial charge in [0.1, 0.15) is 5.82 Å². The monoisotopic (exact) mass is 526 g/mol. The molecule has 0 bridgehead atoms. The summed E-state index contributed by atoms with van der Waals surface area (Å²) in [7, 11) is 1.98. The van der Waals surface area contributed by atoms with Gasteiger partial charge in [-0.3, -0.25) is 9.67 Å². The molecule has 0 radical (unpaired) electrons. The number of guanidine groups is 1. The van der Waals surface area contributed by atoms with Crippen molar-refractivity contribution < 1.29 is 4.39 Å². The smallest absolute Gasteiger partial charge is 0.191 e. The van der Waals surface area contributed by atoms with E-state index >= 15 is 0 Å². The molecule has 2 heterocycles. The van der Waals surface area contributed by atoms with Crippen molar-refractivity contribution in [2.45, 2.75) is 46.6 Å². The number of halogens is 2. The molecular formula is C22H32FIN6. The zero-order valence-electron chi connectivity index (χ0n) is 18.3. The van der Waals surface area contributed by atoms with Gasteiger partial charge in [0.05, 0.1) is 5.69 Å². The van der Waals surface area contributed by atoms with Gasteiger partial charge in [-0.2, -0.15) is 5.10 Å². The highest BCUT2D eigenvalue weighted by Gasteiger charge is 2.14. The molecule has 1 aromatic carbocycles. The van der Waals surface area contributed by atoms with Crippen LogP contribution in [0.5, 0.6) is 0 Å². The Morgan fingerprint density at radius 2 is 2.10 bits per heavy atom. The molecule has 0 aliphatic heterocycles. The first-order chi connectivity index (χ1) is 13.9. The molecule has 0 aliphatic carbocycles. The zero-order chi connectivity index (χ0) is 21.0. The van der Waals surface area contributed by atoms with E-state index in [0.717, 1.165) is 47.5 Å². The molecule has 30 heavy (non-hydrogen) atoms. The second-order valence-electron chi connectivity index (χ2n) is 7.54. The molecule has 1 atom stereocenters. The van der Waals surface area contributed by atoms with Crippen LogP contribution in [0.4, 0.5) is 4.39 Å². The fraction of sp³-hybridized carbons (Fsp3) is 0.455. The van der Waals surface area contributed by atoms with E-state index in [1.165, 1.54) is 17.3 Å². The van der Waals surface area contributed by atoms with Crippen molar-refractivity contribution >= 4 is 40.8 Å². The van der Waals surface area contributed by atoms with Gasteiger partial charge in [0.2, 0.25) is 0 Å². The van der Waals surface area contributed by atoms with Crippen molar-refractivity contribution in [3.05, 3.63) is 52.7 Å². The number of rotatable bonds is 7. The van der Waals surface area contributed by atoms with Crippen LogP contribution in [-0.4, -0.2) is 39.9 Å². The average molecular weight is 526 g/mol. The Morgan fingerprint density at radius 1 is 1.33 bits per heavy atom. The van der Waals surface area contributed by atoms with Crippen LogP contribution in [0.3, 0.4) is 0 Å². The van der Waals surface area contributed by atoms with Crippen LogP contribution < -0.4 is 10.6 Å². The molecule has 3 rings (SSSR count). The summed E-state index contributed by atoms with van der Waals surface area (Å²) >= 11 is 0. The summed E-state index contributed by atoms with van der Waals surface area (Å²) < 4.78 is 15.5. The van der Waals surface area contributed by atoms with Gasteiger partial charge >= 0.3 is 0 Å². The van der Waals surface area contributed by atoms with Crippen LogP contribution in [0.1, 0.15) is 36.4 Å². The molecule has 6 nitrogen and oxygen atoms in total. The highest BCUT2D eigenvalue weighted by Crippen LogP contribution is 2.20. The maximum Gasteiger partial charge on any atom is 0.191 e. The summed E-state index contributed by atoms with van der Waals surface area (Å²) in [6.45, 7) is 9.78. The van der Waals surface area contributed by atoms with E-state index in [0.29, 0.717) is 6.54 Å². The van der Waals surface area contributed by atoms with E-state index in [1.54, 1.807) is 12.1 Å². The van der Waals surface area contributed by atoms with Crippen molar-refractivity contribution in [3.8, 4) is 0 Å². The summed E-state index contributed by atoms with van der Waals surface area (Å²) in [4.78, 5) is 7.91. The quantitative estimate of drug-likeness (QED) is 0.248. The minimum atomic E-state index is -0.216. The molecule has 0 amide bonds. The second-order valence-corrected chi connectivity index (χ2v) is 7.54. The third-order valence-corrected chi connectivity index (χ3v) is 5.28. The first kappa shape index (κ1) is 24.2. The number of nitrogens with one attached hydrogen (secondary N) is 3. The fourth-order valence-electron chi connectivity index (χ4n) is 3.67. The Morgan fingerprint density at radius 3 is 2.77 bits per heavy atom. The molecule has 164 valence electrons. The lowest BCUT2D eigenvalue weighted by Crippen LogP contribution is -2.43. The Labute approximate surface area is 194 Å². The van der Waals surface area contributed by atoms with E-state index in [2.05, 4.69) is 48.4 Å². The number of aryl methyl sites for hydroxylation is 2. The largest absolute Gasteiger partial charge is 0.361 e. The van der Waals surface area contributed by atoms with Gasteiger partial charge < -0.3 is 15.6 Å². The number of fused-ring (bicyclic) bond motifs is 1. The Bertz CT molecular complexity index is 1010. The lowest BCUT2D eigenvalue weighted by atomic mass is 10.1. The van der Waals surface area contributed by atoms with Crippen LogP contribution in [0.25, 0.3) is 10.9 Å². The molecule has 3 aromatic rings. The molecule has 0 spiro atoms. The van der Waals surface area contributed by atoms with Gasteiger partial charge in [0.25, 0.3) is 0 Å². The van der Waals surface area contributed by atoms with Gasteiger partial charge in [-0.1, -0.05) is 0 Å². The summed E-state index contributed by atoms with van der Waals surface area (Å²) in [5, 5.41) is 12.2. The first-order valence-corrected chi connectivity index (χ1v) is 10.2. The van der Waals surface area contributed by atoms with Crippen LogP contribution in [-0.2, 0) is 19.9 Å². The van der Waals surface area contributed by atoms with Crippen molar-refractivity contribution in [2.24, 2.45) is 12.0 Å². The van der Waals surface area contributed by atoms with E-state index in [-0.39, 0.29) is 35.8 Å². The lowest BCUT2D eigenvalue weighted by molar-refractivity contribution is 0.629. The molecule has 0 saturated heterocycles. The second kappa shape index (κ2) is 10.8. The fourth-order valence-corrected chi connectivity index (χ4v) is 3.67. The maximum atomic E-state index is 13.6. The predicted octanol–water partition coefficient (Wildman–Crippen LogP) is 4.00. The number of nitrogens with zero attached hydrogens (tertiary/aromatic N) is 3. The highest BCUT2D eigenvalue weighted by molar-refractivity contribution is 14.0. The van der Waals surface area contributed by atoms with Crippen molar-refractivity contribution in [3.63, 3.8) is 0 Å². The molecule has 1 unspecified atom stereocenters. The highest BCUT2D eigenvalue weighted by atomic mass is 127. The van der Waals surface area contributed by atoms with Gasteiger partial charge in [-0.25, -0.2) is 4.39 Å². The van der Waals surface area contributed by atoms with E-state index in [9.17, 15) is 4.39 Å². The maximum absolute atomic E-state index is 13.6. The topological polar surface area (TPSA) is 70.0 Å². The number of H-pyrrole nitrogens is 1. The number of aromatic nitrogens is 3. The van der Waals surface area contributed by atoms with Crippen LogP contribution in [0.2, 0.25) is 0 Å². The number of aliphatic imine (C=N–C) groups is 1. The first-order valence-electron chi connectivity index (χ1n) is 10.2. The molecule has 0 fully saturated rings. The van der Waals surface area contributed by atoms with Crippen LogP contribution >= 0.6 is 24.0 Å². The average Bonchev–Trinajstić information content (AvgIpc) is 3.17. The Balaban J connectivity index is 0.00000320.